The second-order valence-electron chi connectivity index (χ2n) is 10.2. The van der Waals surface area contributed by atoms with Crippen molar-refractivity contribution in [2.24, 2.45) is 17.8 Å². The molecule has 3 aliphatic carbocycles. The van der Waals surface area contributed by atoms with Crippen LogP contribution in [-0.4, -0.2) is 17.9 Å². The van der Waals surface area contributed by atoms with Crippen LogP contribution in [0.1, 0.15) is 135 Å². The molecule has 0 aromatic rings. The van der Waals surface area contributed by atoms with Crippen LogP contribution in [0, 0.1) is 17.8 Å². The summed E-state index contributed by atoms with van der Waals surface area (Å²) in [4.78, 5) is 30.4. The molecule has 3 saturated carbocycles. The molecule has 7 heteroatoms. The quantitative estimate of drug-likeness (QED) is 0.395. The van der Waals surface area contributed by atoms with Crippen molar-refractivity contribution in [2.45, 2.75) is 135 Å². The number of carbonyl (C=O) groups excluding carboxylic acids is 3. The predicted octanol–water partition coefficient (Wildman–Crippen LogP) is 3.29. The van der Waals surface area contributed by atoms with E-state index in [1.54, 1.807) is 0 Å². The van der Waals surface area contributed by atoms with E-state index in [9.17, 15) is 29.7 Å². The smallest absolute Gasteiger partial charge is 0.550 e. The van der Waals surface area contributed by atoms with Crippen LogP contribution in [-0.2, 0) is 33.9 Å². The van der Waals surface area contributed by atoms with E-state index in [1.807, 2.05) is 0 Å². The fraction of sp³-hybridized carbons (Fsp3) is 0.889. The van der Waals surface area contributed by atoms with Gasteiger partial charge in [0.1, 0.15) is 0 Å². The molecule has 0 amide bonds. The first kappa shape index (κ1) is 33.0. The molecule has 3 fully saturated rings. The number of carboxylic acids is 3. The van der Waals surface area contributed by atoms with Gasteiger partial charge in [-0.25, -0.2) is 0 Å². The predicted molar refractivity (Wildman–Crippen MR) is 122 cm³/mol. The fourth-order valence-corrected chi connectivity index (χ4v) is 5.39. The molecule has 34 heavy (non-hydrogen) atoms. The maximum atomic E-state index is 10.1. The zero-order valence-corrected chi connectivity index (χ0v) is 22.6. The van der Waals surface area contributed by atoms with Gasteiger partial charge in [-0.15, -0.1) is 0 Å². The van der Waals surface area contributed by atoms with E-state index < -0.39 is 17.9 Å². The number of rotatable bonds is 9. The molecule has 3 aliphatic rings. The Morgan fingerprint density at radius 1 is 0.441 bits per heavy atom. The molecule has 0 aliphatic heterocycles. The molecule has 0 bridgehead atoms. The van der Waals surface area contributed by atoms with Crippen molar-refractivity contribution in [3.63, 3.8) is 0 Å². The minimum atomic E-state index is -0.893. The summed E-state index contributed by atoms with van der Waals surface area (Å²) in [5.41, 5.74) is 0. The summed E-state index contributed by atoms with van der Waals surface area (Å²) in [5.74, 6) is -0.674. The monoisotopic (exact) mass is 567 g/mol. The van der Waals surface area contributed by atoms with E-state index in [0.29, 0.717) is 17.8 Å². The Morgan fingerprint density at radius 3 is 0.824 bits per heavy atom. The SMILES string of the molecule is O=C([O-])CCC1CCCCC1.O=C([O-])CCC1CCCCC1.O=C([O-])CCC1CCCCC1.[Ru+3]. The molecule has 1 radical (unpaired) electrons. The third-order valence-corrected chi connectivity index (χ3v) is 7.44. The second-order valence-corrected chi connectivity index (χ2v) is 10.2. The molecule has 0 aromatic heterocycles. The third kappa shape index (κ3) is 19.4. The Morgan fingerprint density at radius 2 is 0.647 bits per heavy atom. The summed E-state index contributed by atoms with van der Waals surface area (Å²) < 4.78 is 0. The van der Waals surface area contributed by atoms with Gasteiger partial charge in [-0.05, 0) is 56.3 Å². The van der Waals surface area contributed by atoms with E-state index in [0.717, 1.165) is 19.3 Å². The van der Waals surface area contributed by atoms with Crippen LogP contribution < -0.4 is 15.3 Å². The van der Waals surface area contributed by atoms with Crippen LogP contribution in [0.5, 0.6) is 0 Å². The first-order valence-electron chi connectivity index (χ1n) is 13.5. The molecule has 3 rings (SSSR count). The van der Waals surface area contributed by atoms with Gasteiger partial charge in [0.15, 0.2) is 0 Å². The van der Waals surface area contributed by atoms with Gasteiger partial charge in [-0.3, -0.25) is 0 Å². The van der Waals surface area contributed by atoms with E-state index in [4.69, 9.17) is 0 Å². The van der Waals surface area contributed by atoms with Crippen molar-refractivity contribution in [1.82, 2.24) is 0 Å². The number of hydrogen-bond acceptors (Lipinski definition) is 6. The van der Waals surface area contributed by atoms with E-state index in [1.165, 1.54) is 96.3 Å². The van der Waals surface area contributed by atoms with Gasteiger partial charge >= 0.3 is 19.5 Å². The third-order valence-electron chi connectivity index (χ3n) is 7.44. The molecular formula is C27H45O6Ru. The summed E-state index contributed by atoms with van der Waals surface area (Å²) in [5, 5.41) is 30.4. The van der Waals surface area contributed by atoms with Crippen LogP contribution >= 0.6 is 0 Å². The Balaban J connectivity index is 0.000000473. The van der Waals surface area contributed by atoms with Gasteiger partial charge in [0.25, 0.3) is 0 Å². The van der Waals surface area contributed by atoms with Gasteiger partial charge in [-0.2, -0.15) is 0 Å². The standard InChI is InChI=1S/3C9H16O2.Ru/c3*10-9(11)7-6-8-4-2-1-3-5-8;/h3*8H,1-7H2,(H,10,11);/q;;;+3/p-3. The minimum absolute atomic E-state index is 0. The van der Waals surface area contributed by atoms with Crippen LogP contribution in [0.15, 0.2) is 0 Å². The van der Waals surface area contributed by atoms with Crippen molar-refractivity contribution in [3.05, 3.63) is 0 Å². The molecule has 0 saturated heterocycles. The van der Waals surface area contributed by atoms with Gasteiger partial charge in [0, 0.05) is 17.9 Å². The summed E-state index contributed by atoms with van der Waals surface area (Å²) in [6.07, 6.45) is 22.4. The summed E-state index contributed by atoms with van der Waals surface area (Å²) in [6.45, 7) is 0. The number of aliphatic carboxylic acids is 3. The molecule has 0 heterocycles. The van der Waals surface area contributed by atoms with Crippen LogP contribution in [0.3, 0.4) is 0 Å². The summed E-state index contributed by atoms with van der Waals surface area (Å²) >= 11 is 0. The molecule has 6 nitrogen and oxygen atoms in total. The van der Waals surface area contributed by atoms with Crippen LogP contribution in [0.25, 0.3) is 0 Å². The molecular weight excluding hydrogens is 521 g/mol. The Hall–Kier alpha value is -0.967. The zero-order chi connectivity index (χ0) is 24.3. The molecule has 0 spiro atoms. The van der Waals surface area contributed by atoms with Gasteiger partial charge in [-0.1, -0.05) is 96.3 Å². The number of hydrogen-bond donors (Lipinski definition) is 0. The maximum absolute atomic E-state index is 10.1. The molecule has 0 aromatic carbocycles. The van der Waals surface area contributed by atoms with Crippen molar-refractivity contribution in [3.8, 4) is 0 Å². The normalized spacial score (nSPS) is 19.4. The molecule has 197 valence electrons. The summed E-state index contributed by atoms with van der Waals surface area (Å²) in [6, 6.07) is 0. The second kappa shape index (κ2) is 21.3. The maximum Gasteiger partial charge on any atom is 3.00 e. The number of carbonyl (C=O) groups is 3. The van der Waals surface area contributed by atoms with Crippen molar-refractivity contribution >= 4 is 17.9 Å². The molecule has 0 atom stereocenters. The minimum Gasteiger partial charge on any atom is -0.550 e. The van der Waals surface area contributed by atoms with Crippen molar-refractivity contribution < 1.29 is 49.2 Å². The Kier molecular flexibility index (Phi) is 20.7. The molecule has 0 N–H and O–H groups in total. The Labute approximate surface area is 219 Å². The van der Waals surface area contributed by atoms with E-state index >= 15 is 0 Å². The Bertz CT molecular complexity index is 459. The molecule has 0 unspecified atom stereocenters. The first-order chi connectivity index (χ1) is 15.9. The average Bonchev–Trinajstić information content (AvgIpc) is 2.83. The van der Waals surface area contributed by atoms with Gasteiger partial charge < -0.3 is 29.7 Å². The van der Waals surface area contributed by atoms with E-state index in [-0.39, 0.29) is 38.7 Å². The average molecular weight is 567 g/mol. The summed E-state index contributed by atoms with van der Waals surface area (Å²) in [7, 11) is 0. The fourth-order valence-electron chi connectivity index (χ4n) is 5.39. The van der Waals surface area contributed by atoms with Crippen molar-refractivity contribution in [1.29, 1.82) is 0 Å². The number of carboxylic acid groups (broad SMARTS) is 3. The largest absolute Gasteiger partial charge is 3.00 e. The topological polar surface area (TPSA) is 120 Å². The van der Waals surface area contributed by atoms with Crippen molar-refractivity contribution in [2.75, 3.05) is 0 Å². The van der Waals surface area contributed by atoms with Gasteiger partial charge in [0.2, 0.25) is 0 Å². The van der Waals surface area contributed by atoms with E-state index in [2.05, 4.69) is 0 Å². The van der Waals surface area contributed by atoms with Crippen LogP contribution in [0.4, 0.5) is 0 Å². The van der Waals surface area contributed by atoms with Gasteiger partial charge in [0.05, 0.1) is 0 Å². The van der Waals surface area contributed by atoms with Crippen LogP contribution in [0.2, 0.25) is 0 Å². The zero-order valence-electron chi connectivity index (χ0n) is 20.9. The first-order valence-corrected chi connectivity index (χ1v) is 13.5.